The number of carbonyl (C=O) groups is 1. The molecule has 0 saturated heterocycles. The van der Waals surface area contributed by atoms with Crippen LogP contribution < -0.4 is 14.8 Å². The van der Waals surface area contributed by atoms with E-state index in [-0.39, 0.29) is 12.5 Å². The Morgan fingerprint density at radius 2 is 2.18 bits per heavy atom. The highest BCUT2D eigenvalue weighted by Gasteiger charge is 2.15. The highest BCUT2D eigenvalue weighted by molar-refractivity contribution is 5.80. The van der Waals surface area contributed by atoms with E-state index in [1.165, 1.54) is 7.11 Å². The van der Waals surface area contributed by atoms with E-state index in [2.05, 4.69) is 5.32 Å². The second-order valence-corrected chi connectivity index (χ2v) is 3.52. The van der Waals surface area contributed by atoms with E-state index >= 15 is 0 Å². The zero-order chi connectivity index (χ0) is 12.8. The van der Waals surface area contributed by atoms with Gasteiger partial charge in [-0.05, 0) is 24.6 Å². The number of ether oxygens (including phenoxy) is 2. The van der Waals surface area contributed by atoms with Crippen LogP contribution in [0, 0.1) is 0 Å². The predicted octanol–water partition coefficient (Wildman–Crippen LogP) is 0.701. The number of aliphatic hydroxyl groups excluding tert-OH is 1. The van der Waals surface area contributed by atoms with Gasteiger partial charge in [0, 0.05) is 7.05 Å². The highest BCUT2D eigenvalue weighted by atomic mass is 16.5. The second kappa shape index (κ2) is 6.10. The van der Waals surface area contributed by atoms with Crippen molar-refractivity contribution in [2.45, 2.75) is 19.6 Å². The Morgan fingerprint density at radius 3 is 2.71 bits per heavy atom. The largest absolute Gasteiger partial charge is 0.493 e. The molecule has 0 aromatic heterocycles. The Balaban J connectivity index is 2.87. The summed E-state index contributed by atoms with van der Waals surface area (Å²) in [5.41, 5.74) is 0.724. The van der Waals surface area contributed by atoms with Crippen LogP contribution in [-0.2, 0) is 11.4 Å². The minimum Gasteiger partial charge on any atom is -0.493 e. The first-order chi connectivity index (χ1) is 8.12. The molecular formula is C12H17NO4. The maximum absolute atomic E-state index is 11.3. The van der Waals surface area contributed by atoms with Crippen LogP contribution in [0.3, 0.4) is 0 Å². The molecule has 0 aliphatic carbocycles. The molecule has 0 radical (unpaired) electrons. The van der Waals surface area contributed by atoms with E-state index < -0.39 is 6.10 Å². The molecule has 0 spiro atoms. The fraction of sp³-hybridized carbons (Fsp3) is 0.417. The first-order valence-electron chi connectivity index (χ1n) is 5.28. The summed E-state index contributed by atoms with van der Waals surface area (Å²) in [5.74, 6) is 0.756. The predicted molar refractivity (Wildman–Crippen MR) is 63.1 cm³/mol. The summed E-state index contributed by atoms with van der Waals surface area (Å²) in [6.45, 7) is 1.58. The Morgan fingerprint density at radius 1 is 1.47 bits per heavy atom. The number of aliphatic hydroxyl groups is 1. The lowest BCUT2D eigenvalue weighted by Gasteiger charge is -2.16. The zero-order valence-corrected chi connectivity index (χ0v) is 10.2. The molecule has 1 aromatic rings. The normalized spacial score (nSPS) is 11.8. The second-order valence-electron chi connectivity index (χ2n) is 3.52. The Labute approximate surface area is 100 Å². The number of methoxy groups -OCH3 is 1. The number of carbonyl (C=O) groups excluding carboxylic acids is 1. The molecule has 1 rings (SSSR count). The van der Waals surface area contributed by atoms with E-state index in [9.17, 15) is 4.79 Å². The maximum atomic E-state index is 11.3. The van der Waals surface area contributed by atoms with Crippen LogP contribution in [0.1, 0.15) is 12.5 Å². The van der Waals surface area contributed by atoms with Gasteiger partial charge in [-0.1, -0.05) is 6.07 Å². The van der Waals surface area contributed by atoms with Crippen molar-refractivity contribution in [3.63, 3.8) is 0 Å². The molecule has 5 heteroatoms. The minimum atomic E-state index is -0.603. The molecular weight excluding hydrogens is 222 g/mol. The first-order valence-corrected chi connectivity index (χ1v) is 5.28. The van der Waals surface area contributed by atoms with Crippen molar-refractivity contribution in [3.8, 4) is 11.5 Å². The lowest BCUT2D eigenvalue weighted by atomic mass is 10.2. The van der Waals surface area contributed by atoms with Crippen molar-refractivity contribution in [2.75, 3.05) is 14.2 Å². The molecule has 1 atom stereocenters. The average Bonchev–Trinajstić information content (AvgIpc) is 2.37. The monoisotopic (exact) mass is 239 g/mol. The number of amides is 1. The van der Waals surface area contributed by atoms with Crippen molar-refractivity contribution in [1.29, 1.82) is 0 Å². The van der Waals surface area contributed by atoms with Crippen LogP contribution in [0.5, 0.6) is 11.5 Å². The fourth-order valence-electron chi connectivity index (χ4n) is 1.35. The van der Waals surface area contributed by atoms with Gasteiger partial charge in [-0.2, -0.15) is 0 Å². The average molecular weight is 239 g/mol. The third kappa shape index (κ3) is 3.35. The van der Waals surface area contributed by atoms with Gasteiger partial charge in [0.2, 0.25) is 0 Å². The molecule has 0 fully saturated rings. The van der Waals surface area contributed by atoms with Crippen molar-refractivity contribution in [1.82, 2.24) is 5.32 Å². The van der Waals surface area contributed by atoms with Crippen LogP contribution >= 0.6 is 0 Å². The van der Waals surface area contributed by atoms with Crippen molar-refractivity contribution in [2.24, 2.45) is 0 Å². The van der Waals surface area contributed by atoms with E-state index in [0.29, 0.717) is 11.5 Å². The zero-order valence-electron chi connectivity index (χ0n) is 10.2. The van der Waals surface area contributed by atoms with Gasteiger partial charge >= 0.3 is 0 Å². The van der Waals surface area contributed by atoms with Crippen LogP contribution in [0.4, 0.5) is 0 Å². The van der Waals surface area contributed by atoms with Crippen LogP contribution in [0.15, 0.2) is 18.2 Å². The summed E-state index contributed by atoms with van der Waals surface area (Å²) in [6.07, 6.45) is -0.603. The van der Waals surface area contributed by atoms with Gasteiger partial charge in [-0.3, -0.25) is 4.79 Å². The van der Waals surface area contributed by atoms with Crippen molar-refractivity contribution >= 4 is 5.91 Å². The smallest absolute Gasteiger partial charge is 0.260 e. The van der Waals surface area contributed by atoms with Gasteiger partial charge in [0.1, 0.15) is 0 Å². The summed E-state index contributed by atoms with van der Waals surface area (Å²) in [7, 11) is 3.06. The van der Waals surface area contributed by atoms with Gasteiger partial charge in [-0.25, -0.2) is 0 Å². The van der Waals surface area contributed by atoms with Crippen LogP contribution in [-0.4, -0.2) is 31.3 Å². The highest BCUT2D eigenvalue weighted by Crippen LogP contribution is 2.28. The van der Waals surface area contributed by atoms with Crippen LogP contribution in [0.25, 0.3) is 0 Å². The van der Waals surface area contributed by atoms with E-state index in [4.69, 9.17) is 14.6 Å². The lowest BCUT2D eigenvalue weighted by Crippen LogP contribution is -2.33. The molecule has 2 N–H and O–H groups in total. The summed E-state index contributed by atoms with van der Waals surface area (Å²) in [5, 5.41) is 11.5. The maximum Gasteiger partial charge on any atom is 0.260 e. The SMILES string of the molecule is CNC(=O)C(C)Oc1ccc(CO)cc1OC. The minimum absolute atomic E-state index is 0.0678. The number of benzene rings is 1. The Hall–Kier alpha value is -1.75. The molecule has 1 aromatic carbocycles. The fourth-order valence-corrected chi connectivity index (χ4v) is 1.35. The quantitative estimate of drug-likeness (QED) is 0.793. The van der Waals surface area contributed by atoms with Gasteiger partial charge in [0.05, 0.1) is 13.7 Å². The third-order valence-electron chi connectivity index (χ3n) is 2.33. The molecule has 0 bridgehead atoms. The van der Waals surface area contributed by atoms with Crippen molar-refractivity contribution in [3.05, 3.63) is 23.8 Å². The van der Waals surface area contributed by atoms with E-state index in [0.717, 1.165) is 5.56 Å². The van der Waals surface area contributed by atoms with Crippen molar-refractivity contribution < 1.29 is 19.4 Å². The van der Waals surface area contributed by atoms with Crippen LogP contribution in [0.2, 0.25) is 0 Å². The molecule has 0 aliphatic heterocycles. The molecule has 17 heavy (non-hydrogen) atoms. The van der Waals surface area contributed by atoms with Gasteiger partial charge < -0.3 is 19.9 Å². The number of likely N-dealkylation sites (N-methyl/N-ethyl adjacent to an activating group) is 1. The molecule has 1 unspecified atom stereocenters. The Kier molecular flexibility index (Phi) is 4.78. The number of nitrogens with one attached hydrogen (secondary N) is 1. The first kappa shape index (κ1) is 13.3. The molecule has 1 amide bonds. The molecule has 5 nitrogen and oxygen atoms in total. The standard InChI is InChI=1S/C12H17NO4/c1-8(12(15)13-2)17-10-5-4-9(7-14)6-11(10)16-3/h4-6,8,14H,7H2,1-3H3,(H,13,15). The topological polar surface area (TPSA) is 67.8 Å². The summed E-state index contributed by atoms with van der Waals surface area (Å²) in [6, 6.07) is 5.06. The van der Waals surface area contributed by atoms with Gasteiger partial charge in [0.15, 0.2) is 17.6 Å². The third-order valence-corrected chi connectivity index (χ3v) is 2.33. The molecule has 0 heterocycles. The van der Waals surface area contributed by atoms with E-state index in [1.807, 2.05) is 0 Å². The summed E-state index contributed by atoms with van der Waals surface area (Å²) in [4.78, 5) is 11.3. The molecule has 0 saturated carbocycles. The lowest BCUT2D eigenvalue weighted by molar-refractivity contribution is -0.126. The summed E-state index contributed by atoms with van der Waals surface area (Å²) < 4.78 is 10.6. The summed E-state index contributed by atoms with van der Waals surface area (Å²) >= 11 is 0. The van der Waals surface area contributed by atoms with Gasteiger partial charge in [0.25, 0.3) is 5.91 Å². The molecule has 0 aliphatic rings. The number of hydrogen-bond acceptors (Lipinski definition) is 4. The van der Waals surface area contributed by atoms with Gasteiger partial charge in [-0.15, -0.1) is 0 Å². The van der Waals surface area contributed by atoms with E-state index in [1.54, 1.807) is 32.2 Å². The Bertz CT molecular complexity index is 392. The molecule has 94 valence electrons. The number of hydrogen-bond donors (Lipinski definition) is 2. The number of rotatable bonds is 5.